The molecule has 0 aliphatic rings. The molecule has 5 rings (SSSR count). The lowest BCUT2D eigenvalue weighted by atomic mass is 10.0. The van der Waals surface area contributed by atoms with Crippen LogP contribution in [0.4, 0.5) is 0 Å². The number of aromatic nitrogens is 3. The third-order valence-electron chi connectivity index (χ3n) is 5.44. The first kappa shape index (κ1) is 19.1. The number of aromatic amines is 2. The Bertz CT molecular complexity index is 1420. The van der Waals surface area contributed by atoms with Gasteiger partial charge in [0.15, 0.2) is 0 Å². The van der Waals surface area contributed by atoms with Crippen molar-refractivity contribution in [2.45, 2.75) is 12.5 Å². The molecule has 0 amide bonds. The van der Waals surface area contributed by atoms with Gasteiger partial charge in [-0.05, 0) is 53.3 Å². The van der Waals surface area contributed by atoms with Crippen LogP contribution in [0.1, 0.15) is 5.56 Å². The van der Waals surface area contributed by atoms with Gasteiger partial charge < -0.3 is 20.4 Å². The van der Waals surface area contributed by atoms with Crippen molar-refractivity contribution in [1.82, 2.24) is 15.0 Å². The Morgan fingerprint density at radius 3 is 2.81 bits per heavy atom. The van der Waals surface area contributed by atoms with Gasteiger partial charge in [-0.25, -0.2) is 0 Å². The van der Waals surface area contributed by atoms with Crippen LogP contribution in [-0.4, -0.2) is 27.6 Å². The van der Waals surface area contributed by atoms with E-state index in [0.29, 0.717) is 17.7 Å². The van der Waals surface area contributed by atoms with E-state index in [-0.39, 0.29) is 11.6 Å². The van der Waals surface area contributed by atoms with Gasteiger partial charge in [0.25, 0.3) is 5.56 Å². The molecule has 0 aliphatic carbocycles. The predicted molar refractivity (Wildman–Crippen MR) is 123 cm³/mol. The van der Waals surface area contributed by atoms with Gasteiger partial charge in [0.2, 0.25) is 0 Å². The van der Waals surface area contributed by atoms with E-state index < -0.39 is 0 Å². The molecule has 5 aromatic rings. The maximum absolute atomic E-state index is 11.9. The second-order valence-corrected chi connectivity index (χ2v) is 7.65. The van der Waals surface area contributed by atoms with Gasteiger partial charge in [-0.1, -0.05) is 24.3 Å². The summed E-state index contributed by atoms with van der Waals surface area (Å²) in [5, 5.41) is 2.74. The molecule has 0 fully saturated rings. The standard InChI is InChI=1S/C25H22N4O2/c26-20(10-19-13-29-24-4-2-1-3-22(19)24)15-31-21-11-18(12-27-14-21)16-5-6-23-17(9-16)7-8-28-25(23)30/h1-9,11-14,20,29H,10,15,26H2,(H,28,30)/t20-/m1/s1. The van der Waals surface area contributed by atoms with Gasteiger partial charge in [-0.15, -0.1) is 0 Å². The van der Waals surface area contributed by atoms with Crippen molar-refractivity contribution < 1.29 is 4.74 Å². The smallest absolute Gasteiger partial charge is 0.255 e. The molecule has 31 heavy (non-hydrogen) atoms. The molecule has 4 N–H and O–H groups in total. The number of H-pyrrole nitrogens is 2. The maximum atomic E-state index is 11.9. The Morgan fingerprint density at radius 2 is 1.87 bits per heavy atom. The molecule has 0 radical (unpaired) electrons. The third-order valence-corrected chi connectivity index (χ3v) is 5.44. The number of hydrogen-bond acceptors (Lipinski definition) is 4. The molecular weight excluding hydrogens is 388 g/mol. The first-order valence-electron chi connectivity index (χ1n) is 10.2. The molecule has 0 saturated heterocycles. The van der Waals surface area contributed by atoms with Crippen LogP contribution in [0.2, 0.25) is 0 Å². The number of ether oxygens (including phenoxy) is 1. The monoisotopic (exact) mass is 410 g/mol. The van der Waals surface area contributed by atoms with E-state index in [1.807, 2.05) is 48.7 Å². The molecule has 0 spiro atoms. The number of nitrogens with zero attached hydrogens (tertiary/aromatic N) is 1. The van der Waals surface area contributed by atoms with E-state index in [1.165, 1.54) is 10.9 Å². The van der Waals surface area contributed by atoms with E-state index >= 15 is 0 Å². The van der Waals surface area contributed by atoms with Gasteiger partial charge in [-0.2, -0.15) is 0 Å². The summed E-state index contributed by atoms with van der Waals surface area (Å²) in [4.78, 5) is 22.2. The quantitative estimate of drug-likeness (QED) is 0.394. The van der Waals surface area contributed by atoms with Gasteiger partial charge in [0, 0.05) is 46.5 Å². The maximum Gasteiger partial charge on any atom is 0.255 e. The summed E-state index contributed by atoms with van der Waals surface area (Å²) in [6, 6.07) is 17.6. The Labute approximate surface area is 178 Å². The number of nitrogens with two attached hydrogens (primary N) is 1. The van der Waals surface area contributed by atoms with Crippen LogP contribution in [0.5, 0.6) is 5.75 Å². The van der Waals surface area contributed by atoms with Crippen LogP contribution in [-0.2, 0) is 6.42 Å². The largest absolute Gasteiger partial charge is 0.490 e. The minimum atomic E-state index is -0.143. The van der Waals surface area contributed by atoms with Crippen molar-refractivity contribution in [2.75, 3.05) is 6.61 Å². The molecule has 6 heteroatoms. The van der Waals surface area contributed by atoms with Crippen LogP contribution in [0, 0.1) is 0 Å². The summed E-state index contributed by atoms with van der Waals surface area (Å²) in [6.07, 6.45) is 7.86. The Kier molecular flexibility index (Phi) is 4.98. The van der Waals surface area contributed by atoms with E-state index in [1.54, 1.807) is 18.6 Å². The van der Waals surface area contributed by atoms with Gasteiger partial charge in [0.1, 0.15) is 12.4 Å². The van der Waals surface area contributed by atoms with Crippen LogP contribution in [0.25, 0.3) is 32.8 Å². The van der Waals surface area contributed by atoms with Crippen molar-refractivity contribution in [2.24, 2.45) is 5.73 Å². The van der Waals surface area contributed by atoms with Gasteiger partial charge in [0.05, 0.1) is 6.20 Å². The fraction of sp³-hybridized carbons (Fsp3) is 0.120. The molecule has 0 bridgehead atoms. The Balaban J connectivity index is 1.30. The molecule has 6 nitrogen and oxygen atoms in total. The molecule has 2 aromatic carbocycles. The lowest BCUT2D eigenvalue weighted by molar-refractivity contribution is 0.287. The molecular formula is C25H22N4O2. The van der Waals surface area contributed by atoms with Crippen molar-refractivity contribution in [3.8, 4) is 16.9 Å². The highest BCUT2D eigenvalue weighted by atomic mass is 16.5. The van der Waals surface area contributed by atoms with E-state index in [9.17, 15) is 4.79 Å². The number of para-hydroxylation sites is 1. The third kappa shape index (κ3) is 3.93. The van der Waals surface area contributed by atoms with E-state index in [4.69, 9.17) is 10.5 Å². The summed E-state index contributed by atoms with van der Waals surface area (Å²) in [5.41, 5.74) is 10.4. The minimum Gasteiger partial charge on any atom is -0.490 e. The zero-order valence-electron chi connectivity index (χ0n) is 16.8. The molecule has 1 atom stereocenters. The molecule has 154 valence electrons. The first-order valence-corrected chi connectivity index (χ1v) is 10.2. The number of rotatable bonds is 6. The lowest BCUT2D eigenvalue weighted by Gasteiger charge is -2.13. The normalized spacial score (nSPS) is 12.3. The number of pyridine rings is 2. The number of fused-ring (bicyclic) bond motifs is 2. The second-order valence-electron chi connectivity index (χ2n) is 7.65. The zero-order valence-corrected chi connectivity index (χ0v) is 16.8. The summed E-state index contributed by atoms with van der Waals surface area (Å²) in [7, 11) is 0. The van der Waals surface area contributed by atoms with Crippen LogP contribution in [0.3, 0.4) is 0 Å². The van der Waals surface area contributed by atoms with Crippen molar-refractivity contribution in [3.63, 3.8) is 0 Å². The SMILES string of the molecule is N[C@@H](COc1cncc(-c2ccc3c(=O)[nH]ccc3c2)c1)Cc1c[nH]c2ccccc12. The molecule has 3 heterocycles. The minimum absolute atomic E-state index is 0.0940. The van der Waals surface area contributed by atoms with Crippen molar-refractivity contribution >= 4 is 21.7 Å². The fourth-order valence-electron chi connectivity index (χ4n) is 3.87. The highest BCUT2D eigenvalue weighted by Gasteiger charge is 2.10. The number of hydrogen-bond donors (Lipinski definition) is 3. The predicted octanol–water partition coefficient (Wildman–Crippen LogP) is 4.02. The topological polar surface area (TPSA) is 96.8 Å². The van der Waals surface area contributed by atoms with Gasteiger partial charge >= 0.3 is 0 Å². The summed E-state index contributed by atoms with van der Waals surface area (Å²) < 4.78 is 5.94. The lowest BCUT2D eigenvalue weighted by Crippen LogP contribution is -2.30. The zero-order chi connectivity index (χ0) is 21.2. The molecule has 0 aliphatic heterocycles. The summed E-state index contributed by atoms with van der Waals surface area (Å²) in [6.45, 7) is 0.387. The average Bonchev–Trinajstić information content (AvgIpc) is 3.21. The number of benzene rings is 2. The Hall–Kier alpha value is -3.90. The van der Waals surface area contributed by atoms with Crippen molar-refractivity contribution in [1.29, 1.82) is 0 Å². The van der Waals surface area contributed by atoms with Crippen molar-refractivity contribution in [3.05, 3.63) is 95.3 Å². The fourth-order valence-corrected chi connectivity index (χ4v) is 3.87. The van der Waals surface area contributed by atoms with Gasteiger partial charge in [-0.3, -0.25) is 9.78 Å². The summed E-state index contributed by atoms with van der Waals surface area (Å²) in [5.74, 6) is 0.665. The average molecular weight is 410 g/mol. The first-order chi connectivity index (χ1) is 15.2. The highest BCUT2D eigenvalue weighted by Crippen LogP contribution is 2.25. The summed E-state index contributed by atoms with van der Waals surface area (Å²) >= 11 is 0. The Morgan fingerprint density at radius 1 is 0.968 bits per heavy atom. The molecule has 3 aromatic heterocycles. The number of nitrogens with one attached hydrogen (secondary N) is 2. The molecule has 0 unspecified atom stereocenters. The van der Waals surface area contributed by atoms with Crippen LogP contribution in [0.15, 0.2) is 84.2 Å². The van der Waals surface area contributed by atoms with E-state index in [2.05, 4.69) is 27.1 Å². The second kappa shape index (κ2) is 8.08. The van der Waals surface area contributed by atoms with Crippen LogP contribution >= 0.6 is 0 Å². The highest BCUT2D eigenvalue weighted by molar-refractivity contribution is 5.86. The molecule has 0 saturated carbocycles. The van der Waals surface area contributed by atoms with E-state index in [0.717, 1.165) is 28.5 Å². The van der Waals surface area contributed by atoms with Crippen LogP contribution < -0.4 is 16.0 Å².